The van der Waals surface area contributed by atoms with Crippen molar-refractivity contribution < 1.29 is 13.2 Å². The summed E-state index contributed by atoms with van der Waals surface area (Å²) >= 11 is 0. The fraction of sp³-hybridized carbons (Fsp3) is 0.188. The molecule has 0 bridgehead atoms. The molecule has 0 aliphatic carbocycles. The van der Waals surface area contributed by atoms with E-state index >= 15 is 0 Å². The molecule has 5 nitrogen and oxygen atoms in total. The van der Waals surface area contributed by atoms with Crippen molar-refractivity contribution in [2.75, 3.05) is 13.1 Å². The van der Waals surface area contributed by atoms with Crippen molar-refractivity contribution in [3.8, 4) is 0 Å². The van der Waals surface area contributed by atoms with E-state index in [0.29, 0.717) is 6.54 Å². The number of sulfonamides is 1. The smallest absolute Gasteiger partial charge is 0.240 e. The number of rotatable bonds is 7. The summed E-state index contributed by atoms with van der Waals surface area (Å²) in [7, 11) is -3.62. The Morgan fingerprint density at radius 3 is 2.59 bits per heavy atom. The topological polar surface area (TPSA) is 75.3 Å². The lowest BCUT2D eigenvalue weighted by atomic mass is 10.1. The van der Waals surface area contributed by atoms with Gasteiger partial charge in [-0.2, -0.15) is 0 Å². The fourth-order valence-electron chi connectivity index (χ4n) is 1.99. The fourth-order valence-corrected chi connectivity index (χ4v) is 3.06. The van der Waals surface area contributed by atoms with Gasteiger partial charge in [0.05, 0.1) is 4.90 Å². The van der Waals surface area contributed by atoms with E-state index in [9.17, 15) is 13.2 Å². The zero-order valence-corrected chi connectivity index (χ0v) is 12.9. The van der Waals surface area contributed by atoms with Gasteiger partial charge in [-0.05, 0) is 22.9 Å². The Kier molecular flexibility index (Phi) is 5.30. The van der Waals surface area contributed by atoms with Crippen LogP contribution in [-0.2, 0) is 14.8 Å². The number of benzene rings is 2. The van der Waals surface area contributed by atoms with Gasteiger partial charge in [0.25, 0.3) is 0 Å². The van der Waals surface area contributed by atoms with Crippen LogP contribution in [0.15, 0.2) is 60.0 Å². The molecule has 2 aromatic rings. The molecule has 116 valence electrons. The summed E-state index contributed by atoms with van der Waals surface area (Å²) < 4.78 is 26.9. The Bertz CT molecular complexity index is 785. The van der Waals surface area contributed by atoms with Crippen molar-refractivity contribution in [2.24, 2.45) is 0 Å². The van der Waals surface area contributed by atoms with Crippen LogP contribution < -0.4 is 10.0 Å². The monoisotopic (exact) mass is 318 g/mol. The molecule has 2 N–H and O–H groups in total. The summed E-state index contributed by atoms with van der Waals surface area (Å²) in [5.74, 6) is -0.221. The van der Waals surface area contributed by atoms with Crippen LogP contribution in [0.1, 0.15) is 6.42 Å². The number of nitrogens with one attached hydrogen (secondary N) is 2. The summed E-state index contributed by atoms with van der Waals surface area (Å²) in [5, 5.41) is 4.42. The van der Waals surface area contributed by atoms with Gasteiger partial charge in [-0.25, -0.2) is 13.1 Å². The average molecular weight is 318 g/mol. The van der Waals surface area contributed by atoms with E-state index < -0.39 is 10.0 Å². The maximum Gasteiger partial charge on any atom is 0.240 e. The first-order valence-corrected chi connectivity index (χ1v) is 8.37. The molecule has 1 amide bonds. The van der Waals surface area contributed by atoms with E-state index in [1.165, 1.54) is 0 Å². The van der Waals surface area contributed by atoms with Gasteiger partial charge >= 0.3 is 0 Å². The van der Waals surface area contributed by atoms with Crippen molar-refractivity contribution in [1.29, 1.82) is 0 Å². The Balaban J connectivity index is 2.02. The van der Waals surface area contributed by atoms with Crippen molar-refractivity contribution >= 4 is 26.7 Å². The molecule has 0 aliphatic heterocycles. The van der Waals surface area contributed by atoms with Gasteiger partial charge in [0.15, 0.2) is 0 Å². The maximum atomic E-state index is 12.2. The summed E-state index contributed by atoms with van der Waals surface area (Å²) in [6, 6.07) is 12.5. The van der Waals surface area contributed by atoms with Crippen LogP contribution in [0.4, 0.5) is 0 Å². The number of hydrogen-bond donors (Lipinski definition) is 2. The summed E-state index contributed by atoms with van der Waals surface area (Å²) in [5.41, 5.74) is 0. The number of hydrogen-bond acceptors (Lipinski definition) is 3. The van der Waals surface area contributed by atoms with Gasteiger partial charge in [0, 0.05) is 19.5 Å². The van der Waals surface area contributed by atoms with Crippen LogP contribution in [0.2, 0.25) is 0 Å². The minimum Gasteiger partial charge on any atom is -0.353 e. The molecule has 0 aliphatic rings. The average Bonchev–Trinajstić information content (AvgIpc) is 2.52. The molecule has 0 heterocycles. The Morgan fingerprint density at radius 1 is 1.14 bits per heavy atom. The van der Waals surface area contributed by atoms with Crippen molar-refractivity contribution in [2.45, 2.75) is 11.3 Å². The highest BCUT2D eigenvalue weighted by molar-refractivity contribution is 7.89. The molecule has 0 spiro atoms. The molecule has 0 saturated carbocycles. The van der Waals surface area contributed by atoms with Crippen LogP contribution in [0.25, 0.3) is 10.8 Å². The maximum absolute atomic E-state index is 12.2. The second-order valence-electron chi connectivity index (χ2n) is 4.75. The van der Waals surface area contributed by atoms with E-state index in [0.717, 1.165) is 10.8 Å². The normalized spacial score (nSPS) is 11.3. The molecule has 0 radical (unpaired) electrons. The standard InChI is InChI=1S/C16H18N2O3S/c1-2-10-17-16(19)9-11-18-22(20,21)15-8-7-13-5-3-4-6-14(13)12-15/h2-8,12,18H,1,9-11H2,(H,17,19). The molecule has 22 heavy (non-hydrogen) atoms. The number of carbonyl (C=O) groups excluding carboxylic acids is 1. The summed E-state index contributed by atoms with van der Waals surface area (Å²) in [6.07, 6.45) is 1.65. The predicted molar refractivity (Wildman–Crippen MR) is 87.0 cm³/mol. The molecule has 6 heteroatoms. The van der Waals surface area contributed by atoms with Crippen LogP contribution >= 0.6 is 0 Å². The zero-order chi connectivity index (χ0) is 16.0. The molecule has 2 aromatic carbocycles. The van der Waals surface area contributed by atoms with Crippen LogP contribution in [0.5, 0.6) is 0 Å². The molecule has 0 unspecified atom stereocenters. The Labute approximate surface area is 130 Å². The van der Waals surface area contributed by atoms with E-state index in [2.05, 4.69) is 16.6 Å². The summed E-state index contributed by atoms with van der Waals surface area (Å²) in [4.78, 5) is 11.6. The number of amides is 1. The first-order chi connectivity index (χ1) is 10.5. The van der Waals surface area contributed by atoms with Gasteiger partial charge in [0.2, 0.25) is 15.9 Å². The highest BCUT2D eigenvalue weighted by Gasteiger charge is 2.14. The van der Waals surface area contributed by atoms with Crippen LogP contribution in [0.3, 0.4) is 0 Å². The lowest BCUT2D eigenvalue weighted by Gasteiger charge is -2.08. The highest BCUT2D eigenvalue weighted by Crippen LogP contribution is 2.18. The molecule has 0 atom stereocenters. The first-order valence-electron chi connectivity index (χ1n) is 6.89. The minimum absolute atomic E-state index is 0.0537. The predicted octanol–water partition coefficient (Wildman–Crippen LogP) is 1.81. The molecule has 0 saturated heterocycles. The van der Waals surface area contributed by atoms with E-state index in [1.54, 1.807) is 24.3 Å². The van der Waals surface area contributed by atoms with Gasteiger partial charge < -0.3 is 5.32 Å². The van der Waals surface area contributed by atoms with E-state index in [-0.39, 0.29) is 23.8 Å². The highest BCUT2D eigenvalue weighted by atomic mass is 32.2. The van der Waals surface area contributed by atoms with Crippen molar-refractivity contribution in [3.05, 3.63) is 55.1 Å². The van der Waals surface area contributed by atoms with Gasteiger partial charge in [0.1, 0.15) is 0 Å². The van der Waals surface area contributed by atoms with Gasteiger partial charge in [-0.3, -0.25) is 4.79 Å². The third-order valence-electron chi connectivity index (χ3n) is 3.12. The SMILES string of the molecule is C=CCNC(=O)CCNS(=O)(=O)c1ccc2ccccc2c1. The van der Waals surface area contributed by atoms with Crippen molar-refractivity contribution in [1.82, 2.24) is 10.0 Å². The third-order valence-corrected chi connectivity index (χ3v) is 4.58. The van der Waals surface area contributed by atoms with E-state index in [1.807, 2.05) is 24.3 Å². The first kappa shape index (κ1) is 16.2. The number of fused-ring (bicyclic) bond motifs is 1. The Morgan fingerprint density at radius 2 is 1.86 bits per heavy atom. The van der Waals surface area contributed by atoms with Gasteiger partial charge in [-0.15, -0.1) is 6.58 Å². The lowest BCUT2D eigenvalue weighted by Crippen LogP contribution is -2.30. The van der Waals surface area contributed by atoms with Crippen molar-refractivity contribution in [3.63, 3.8) is 0 Å². The van der Waals surface area contributed by atoms with E-state index in [4.69, 9.17) is 0 Å². The number of carbonyl (C=O) groups is 1. The summed E-state index contributed by atoms with van der Waals surface area (Å²) in [6.45, 7) is 3.92. The second-order valence-corrected chi connectivity index (χ2v) is 6.52. The zero-order valence-electron chi connectivity index (χ0n) is 12.1. The Hall–Kier alpha value is -2.18. The molecule has 0 fully saturated rings. The molecule has 0 aromatic heterocycles. The molecule has 2 rings (SSSR count). The van der Waals surface area contributed by atoms with Crippen LogP contribution in [-0.4, -0.2) is 27.4 Å². The molecular formula is C16H18N2O3S. The lowest BCUT2D eigenvalue weighted by molar-refractivity contribution is -0.120. The quantitative estimate of drug-likeness (QED) is 0.765. The van der Waals surface area contributed by atoms with Crippen LogP contribution in [0, 0.1) is 0 Å². The van der Waals surface area contributed by atoms with Gasteiger partial charge in [-0.1, -0.05) is 36.4 Å². The molecular weight excluding hydrogens is 300 g/mol. The second kappa shape index (κ2) is 7.20. The largest absolute Gasteiger partial charge is 0.353 e. The minimum atomic E-state index is -3.62. The third kappa shape index (κ3) is 4.16.